The van der Waals surface area contributed by atoms with Gasteiger partial charge >= 0.3 is 0 Å². The Labute approximate surface area is 121 Å². The van der Waals surface area contributed by atoms with Gasteiger partial charge in [-0.15, -0.1) is 6.58 Å². The number of aryl methyl sites for hydroxylation is 1. The van der Waals surface area contributed by atoms with E-state index >= 15 is 0 Å². The Hall–Kier alpha value is -2.08. The van der Waals surface area contributed by atoms with Crippen molar-refractivity contribution in [1.29, 1.82) is 0 Å². The van der Waals surface area contributed by atoms with E-state index in [1.165, 1.54) is 4.68 Å². The molecule has 0 aliphatic rings. The Morgan fingerprint density at radius 3 is 2.80 bits per heavy atom. The van der Waals surface area contributed by atoms with E-state index in [4.69, 9.17) is 11.6 Å². The molecule has 2 aromatic rings. The fraction of sp³-hybridized carbons (Fsp3) is 0.308. The van der Waals surface area contributed by atoms with E-state index < -0.39 is 0 Å². The smallest absolute Gasteiger partial charge is 0.287 e. The zero-order valence-corrected chi connectivity index (χ0v) is 12.2. The summed E-state index contributed by atoms with van der Waals surface area (Å²) in [6, 6.07) is 0. The first-order chi connectivity index (χ1) is 9.54. The number of hydrogen-bond donors (Lipinski definition) is 1. The Morgan fingerprint density at radius 2 is 2.20 bits per heavy atom. The van der Waals surface area contributed by atoms with Crippen molar-refractivity contribution in [1.82, 2.24) is 19.6 Å². The summed E-state index contributed by atoms with van der Waals surface area (Å²) in [6.07, 6.45) is 4.92. The Kier molecular flexibility index (Phi) is 4.24. The maximum atomic E-state index is 11.9. The van der Waals surface area contributed by atoms with Gasteiger partial charge in [-0.2, -0.15) is 10.2 Å². The summed E-state index contributed by atoms with van der Waals surface area (Å²) in [5.41, 5.74) is 2.28. The highest BCUT2D eigenvalue weighted by Crippen LogP contribution is 2.17. The molecule has 106 valence electrons. The lowest BCUT2D eigenvalue weighted by atomic mass is 10.2. The Morgan fingerprint density at radius 1 is 1.45 bits per heavy atom. The molecule has 1 N–H and O–H groups in total. The van der Waals surface area contributed by atoms with Gasteiger partial charge in [-0.3, -0.25) is 9.48 Å². The van der Waals surface area contributed by atoms with Gasteiger partial charge in [0.25, 0.3) is 5.56 Å². The van der Waals surface area contributed by atoms with Crippen molar-refractivity contribution in [3.05, 3.63) is 51.7 Å². The standard InChI is InChI=1S/C13H16ClN5O/c1-4-5-19-13(20)12(14)11(8-17-19)15-6-10-7-16-18(3)9(10)2/h4,7-8,15H,1,5-6H2,2-3H3. The van der Waals surface area contributed by atoms with Crippen LogP contribution in [0.2, 0.25) is 5.02 Å². The van der Waals surface area contributed by atoms with E-state index in [9.17, 15) is 4.79 Å². The number of allylic oxidation sites excluding steroid dienone is 1. The molecule has 0 bridgehead atoms. The van der Waals surface area contributed by atoms with Crippen LogP contribution in [-0.4, -0.2) is 19.6 Å². The molecule has 0 unspecified atom stereocenters. The van der Waals surface area contributed by atoms with Crippen LogP contribution >= 0.6 is 11.6 Å². The summed E-state index contributed by atoms with van der Waals surface area (Å²) in [5, 5.41) is 11.4. The van der Waals surface area contributed by atoms with Crippen molar-refractivity contribution in [3.63, 3.8) is 0 Å². The van der Waals surface area contributed by atoms with E-state index in [0.717, 1.165) is 11.3 Å². The molecule has 0 spiro atoms. The van der Waals surface area contributed by atoms with Gasteiger partial charge in [0.15, 0.2) is 0 Å². The van der Waals surface area contributed by atoms with Gasteiger partial charge in [-0.1, -0.05) is 17.7 Å². The SMILES string of the molecule is C=CCn1ncc(NCc2cnn(C)c2C)c(Cl)c1=O. The number of nitrogens with one attached hydrogen (secondary N) is 1. The van der Waals surface area contributed by atoms with Gasteiger partial charge in [-0.25, -0.2) is 4.68 Å². The van der Waals surface area contributed by atoms with E-state index in [2.05, 4.69) is 22.1 Å². The largest absolute Gasteiger partial charge is 0.378 e. The molecule has 6 nitrogen and oxygen atoms in total. The van der Waals surface area contributed by atoms with Crippen molar-refractivity contribution in [2.45, 2.75) is 20.0 Å². The molecule has 0 saturated carbocycles. The van der Waals surface area contributed by atoms with Crippen LogP contribution in [0.3, 0.4) is 0 Å². The van der Waals surface area contributed by atoms with E-state index in [1.807, 2.05) is 14.0 Å². The van der Waals surface area contributed by atoms with Crippen molar-refractivity contribution < 1.29 is 0 Å². The first-order valence-corrected chi connectivity index (χ1v) is 6.50. The molecule has 20 heavy (non-hydrogen) atoms. The summed E-state index contributed by atoms with van der Waals surface area (Å²) in [6.45, 7) is 6.42. The highest BCUT2D eigenvalue weighted by Gasteiger charge is 2.09. The molecule has 2 heterocycles. The number of aromatic nitrogens is 4. The summed E-state index contributed by atoms with van der Waals surface area (Å²) in [4.78, 5) is 11.9. The third-order valence-electron chi connectivity index (χ3n) is 3.09. The fourth-order valence-electron chi connectivity index (χ4n) is 1.75. The van der Waals surface area contributed by atoms with Crippen molar-refractivity contribution >= 4 is 17.3 Å². The van der Waals surface area contributed by atoms with Crippen LogP contribution in [0.15, 0.2) is 29.8 Å². The molecule has 0 atom stereocenters. The van der Waals surface area contributed by atoms with Crippen LogP contribution in [0.5, 0.6) is 0 Å². The summed E-state index contributed by atoms with van der Waals surface area (Å²) >= 11 is 6.05. The monoisotopic (exact) mass is 293 g/mol. The van der Waals surface area contributed by atoms with Crippen LogP contribution < -0.4 is 10.9 Å². The number of rotatable bonds is 5. The van der Waals surface area contributed by atoms with Crippen molar-refractivity contribution in [3.8, 4) is 0 Å². The molecule has 0 saturated heterocycles. The minimum absolute atomic E-state index is 0.128. The van der Waals surface area contributed by atoms with Gasteiger partial charge < -0.3 is 5.32 Å². The topological polar surface area (TPSA) is 64.7 Å². The lowest BCUT2D eigenvalue weighted by Crippen LogP contribution is -2.23. The molecule has 0 aliphatic heterocycles. The van der Waals surface area contributed by atoms with Crippen molar-refractivity contribution in [2.75, 3.05) is 5.32 Å². The van der Waals surface area contributed by atoms with Gasteiger partial charge in [-0.05, 0) is 6.92 Å². The normalized spacial score (nSPS) is 10.6. The fourth-order valence-corrected chi connectivity index (χ4v) is 1.96. The lowest BCUT2D eigenvalue weighted by molar-refractivity contribution is 0.653. The number of hydrogen-bond acceptors (Lipinski definition) is 4. The van der Waals surface area contributed by atoms with Crippen LogP contribution in [-0.2, 0) is 20.1 Å². The average Bonchev–Trinajstić information content (AvgIpc) is 2.75. The second kappa shape index (κ2) is 5.92. The summed E-state index contributed by atoms with van der Waals surface area (Å²) in [7, 11) is 1.88. The van der Waals surface area contributed by atoms with Gasteiger partial charge in [0.2, 0.25) is 0 Å². The van der Waals surface area contributed by atoms with E-state index in [1.54, 1.807) is 23.2 Å². The zero-order chi connectivity index (χ0) is 14.7. The number of nitrogens with zero attached hydrogens (tertiary/aromatic N) is 4. The van der Waals surface area contributed by atoms with E-state index in [-0.39, 0.29) is 10.6 Å². The van der Waals surface area contributed by atoms with E-state index in [0.29, 0.717) is 18.8 Å². The Bertz CT molecular complexity index is 689. The van der Waals surface area contributed by atoms with Crippen molar-refractivity contribution in [2.24, 2.45) is 7.05 Å². The summed E-state index contributed by atoms with van der Waals surface area (Å²) < 4.78 is 3.05. The predicted molar refractivity (Wildman–Crippen MR) is 79.0 cm³/mol. The van der Waals surface area contributed by atoms with Crippen LogP contribution in [0.25, 0.3) is 0 Å². The highest BCUT2D eigenvalue weighted by atomic mass is 35.5. The average molecular weight is 294 g/mol. The molecule has 0 fully saturated rings. The quantitative estimate of drug-likeness (QED) is 0.853. The third-order valence-corrected chi connectivity index (χ3v) is 3.46. The molecule has 0 amide bonds. The van der Waals surface area contributed by atoms with Crippen LogP contribution in [0.1, 0.15) is 11.3 Å². The number of halogens is 1. The first kappa shape index (κ1) is 14.3. The van der Waals surface area contributed by atoms with Gasteiger partial charge in [0.1, 0.15) is 5.02 Å². The maximum absolute atomic E-state index is 11.9. The molecule has 0 aromatic carbocycles. The molecular formula is C13H16ClN5O. The van der Waals surface area contributed by atoms with Gasteiger partial charge in [0, 0.05) is 24.8 Å². The molecular weight excluding hydrogens is 278 g/mol. The third kappa shape index (κ3) is 2.75. The minimum Gasteiger partial charge on any atom is -0.378 e. The van der Waals surface area contributed by atoms with Crippen LogP contribution in [0.4, 0.5) is 5.69 Å². The molecule has 7 heteroatoms. The second-order valence-electron chi connectivity index (χ2n) is 4.38. The Balaban J connectivity index is 2.18. The number of anilines is 1. The lowest BCUT2D eigenvalue weighted by Gasteiger charge is -2.09. The summed E-state index contributed by atoms with van der Waals surface area (Å²) in [5.74, 6) is 0. The van der Waals surface area contributed by atoms with Crippen LogP contribution in [0, 0.1) is 6.92 Å². The highest BCUT2D eigenvalue weighted by molar-refractivity contribution is 6.32. The minimum atomic E-state index is -0.334. The predicted octanol–water partition coefficient (Wildman–Crippen LogP) is 1.74. The van der Waals surface area contributed by atoms with Gasteiger partial charge in [0.05, 0.1) is 24.6 Å². The zero-order valence-electron chi connectivity index (χ0n) is 11.4. The molecule has 2 rings (SSSR count). The second-order valence-corrected chi connectivity index (χ2v) is 4.76. The molecule has 0 radical (unpaired) electrons. The first-order valence-electron chi connectivity index (χ1n) is 6.12. The molecule has 0 aliphatic carbocycles. The maximum Gasteiger partial charge on any atom is 0.287 e. The molecule has 2 aromatic heterocycles.